The van der Waals surface area contributed by atoms with Crippen molar-refractivity contribution in [3.63, 3.8) is 0 Å². The Bertz CT molecular complexity index is 200. The third kappa shape index (κ3) is 6.38. The molecule has 3 heteroatoms. The van der Waals surface area contributed by atoms with Crippen LogP contribution in [0.3, 0.4) is 0 Å². The van der Waals surface area contributed by atoms with E-state index in [1.807, 2.05) is 27.7 Å². The maximum absolute atomic E-state index is 5.96. The van der Waals surface area contributed by atoms with Gasteiger partial charge in [0.2, 0.25) is 0 Å². The SMILES string of the molecule is C=C(C)[CH2][Sn]([CH2]C(=C)C)([O]CC)[O]CC. The van der Waals surface area contributed by atoms with Gasteiger partial charge in [-0.05, 0) is 0 Å². The van der Waals surface area contributed by atoms with Gasteiger partial charge >= 0.3 is 99.4 Å². The van der Waals surface area contributed by atoms with Crippen molar-refractivity contribution < 1.29 is 6.15 Å². The Hall–Kier alpha value is 0.199. The Labute approximate surface area is 99.3 Å². The van der Waals surface area contributed by atoms with E-state index in [9.17, 15) is 0 Å². The average molecular weight is 319 g/mol. The third-order valence-corrected chi connectivity index (χ3v) is 13.1. The van der Waals surface area contributed by atoms with Crippen molar-refractivity contribution in [2.75, 3.05) is 13.2 Å². The van der Waals surface area contributed by atoms with Crippen LogP contribution in [-0.2, 0) is 6.15 Å². The van der Waals surface area contributed by atoms with E-state index in [1.54, 1.807) is 0 Å². The standard InChI is InChI=1S/2C4H7.2C2H5O.Sn/c2*1-4(2)3;2*1-2-3;/h2*1-2H2,3H3;2*2H2,1H3;/q;;2*-1;+2. The van der Waals surface area contributed by atoms with E-state index in [0.717, 1.165) is 33.2 Å². The van der Waals surface area contributed by atoms with Gasteiger partial charge in [-0.15, -0.1) is 0 Å². The molecule has 0 fully saturated rings. The fourth-order valence-corrected chi connectivity index (χ4v) is 11.8. The monoisotopic (exact) mass is 320 g/mol. The number of allylic oxidation sites excluding steroid dienone is 2. The van der Waals surface area contributed by atoms with Gasteiger partial charge in [-0.2, -0.15) is 0 Å². The van der Waals surface area contributed by atoms with Crippen LogP contribution in [0.15, 0.2) is 24.3 Å². The average Bonchev–Trinajstić information content (AvgIpc) is 2.01. The van der Waals surface area contributed by atoms with E-state index in [2.05, 4.69) is 13.2 Å². The van der Waals surface area contributed by atoms with E-state index < -0.39 is 19.2 Å². The molecule has 0 saturated carbocycles. The quantitative estimate of drug-likeness (QED) is 0.502. The summed E-state index contributed by atoms with van der Waals surface area (Å²) in [5.74, 6) is 0. The second-order valence-corrected chi connectivity index (χ2v) is 12.9. The van der Waals surface area contributed by atoms with Crippen molar-refractivity contribution in [3.8, 4) is 0 Å². The molecule has 0 aromatic rings. The first-order chi connectivity index (χ1) is 6.95. The number of rotatable bonds is 8. The van der Waals surface area contributed by atoms with Crippen molar-refractivity contribution in [2.45, 2.75) is 36.6 Å². The molecule has 0 rings (SSSR count). The number of hydrogen-bond acceptors (Lipinski definition) is 2. The molecular formula is C12H24O2Sn. The van der Waals surface area contributed by atoms with E-state index in [-0.39, 0.29) is 0 Å². The first kappa shape index (κ1) is 15.2. The van der Waals surface area contributed by atoms with Gasteiger partial charge < -0.3 is 0 Å². The van der Waals surface area contributed by atoms with E-state index in [4.69, 9.17) is 6.15 Å². The van der Waals surface area contributed by atoms with Gasteiger partial charge in [0.1, 0.15) is 0 Å². The molecule has 88 valence electrons. The van der Waals surface area contributed by atoms with Gasteiger partial charge in [-0.25, -0.2) is 0 Å². The van der Waals surface area contributed by atoms with Crippen molar-refractivity contribution in [1.29, 1.82) is 0 Å². The summed E-state index contributed by atoms with van der Waals surface area (Å²) in [5.41, 5.74) is 2.32. The Morgan fingerprint density at radius 2 is 1.27 bits per heavy atom. The second kappa shape index (κ2) is 7.47. The molecule has 0 amide bonds. The van der Waals surface area contributed by atoms with Gasteiger partial charge in [0.25, 0.3) is 0 Å². The van der Waals surface area contributed by atoms with Crippen LogP contribution in [0, 0.1) is 0 Å². The first-order valence-electron chi connectivity index (χ1n) is 5.52. The summed E-state index contributed by atoms with van der Waals surface area (Å²) >= 11 is -2.92. The van der Waals surface area contributed by atoms with Crippen LogP contribution >= 0.6 is 0 Å². The van der Waals surface area contributed by atoms with E-state index in [0.29, 0.717) is 0 Å². The van der Waals surface area contributed by atoms with Crippen molar-refractivity contribution >= 4 is 19.2 Å². The summed E-state index contributed by atoms with van der Waals surface area (Å²) in [6.07, 6.45) is 0. The minimum absolute atomic E-state index is 0.733. The molecular weight excluding hydrogens is 295 g/mol. The van der Waals surface area contributed by atoms with Crippen LogP contribution in [0.5, 0.6) is 0 Å². The third-order valence-electron chi connectivity index (χ3n) is 1.96. The molecule has 0 aliphatic heterocycles. The number of hydrogen-bond donors (Lipinski definition) is 0. The van der Waals surface area contributed by atoms with Crippen LogP contribution < -0.4 is 0 Å². The molecule has 0 aromatic carbocycles. The molecule has 0 radical (unpaired) electrons. The zero-order valence-corrected chi connectivity index (χ0v) is 13.4. The van der Waals surface area contributed by atoms with Crippen LogP contribution in [0.2, 0.25) is 8.87 Å². The summed E-state index contributed by atoms with van der Waals surface area (Å²) in [7, 11) is 0. The molecule has 0 aromatic heterocycles. The first-order valence-corrected chi connectivity index (χ1v) is 11.9. The van der Waals surface area contributed by atoms with Crippen molar-refractivity contribution in [3.05, 3.63) is 24.3 Å². The molecule has 0 N–H and O–H groups in total. The molecule has 0 spiro atoms. The Morgan fingerprint density at radius 1 is 0.933 bits per heavy atom. The topological polar surface area (TPSA) is 18.5 Å². The van der Waals surface area contributed by atoms with Gasteiger partial charge in [0.05, 0.1) is 0 Å². The molecule has 0 atom stereocenters. The Balaban J connectivity index is 4.69. The fraction of sp³-hybridized carbons (Fsp3) is 0.667. The summed E-state index contributed by atoms with van der Waals surface area (Å²) < 4.78 is 13.8. The zero-order chi connectivity index (χ0) is 11.9. The zero-order valence-electron chi connectivity index (χ0n) is 10.6. The molecule has 0 unspecified atom stereocenters. The van der Waals surface area contributed by atoms with Crippen LogP contribution in [0.25, 0.3) is 0 Å². The van der Waals surface area contributed by atoms with Gasteiger partial charge in [0.15, 0.2) is 0 Å². The van der Waals surface area contributed by atoms with Crippen LogP contribution in [0.4, 0.5) is 0 Å². The Kier molecular flexibility index (Phi) is 7.57. The van der Waals surface area contributed by atoms with Gasteiger partial charge in [-0.1, -0.05) is 0 Å². The maximum atomic E-state index is 5.96. The predicted molar refractivity (Wildman–Crippen MR) is 68.2 cm³/mol. The molecule has 0 saturated heterocycles. The summed E-state index contributed by atoms with van der Waals surface area (Å²) in [5, 5.41) is 0. The van der Waals surface area contributed by atoms with Crippen LogP contribution in [0.1, 0.15) is 27.7 Å². The van der Waals surface area contributed by atoms with Crippen molar-refractivity contribution in [2.24, 2.45) is 0 Å². The summed E-state index contributed by atoms with van der Waals surface area (Å²) in [6.45, 7) is 17.6. The Morgan fingerprint density at radius 3 is 1.47 bits per heavy atom. The fourth-order valence-electron chi connectivity index (χ4n) is 1.75. The van der Waals surface area contributed by atoms with Gasteiger partial charge in [-0.3, -0.25) is 0 Å². The summed E-state index contributed by atoms with van der Waals surface area (Å²) in [6, 6.07) is 0. The van der Waals surface area contributed by atoms with Crippen molar-refractivity contribution in [1.82, 2.24) is 0 Å². The normalized spacial score (nSPS) is 11.5. The van der Waals surface area contributed by atoms with Crippen LogP contribution in [-0.4, -0.2) is 32.4 Å². The van der Waals surface area contributed by atoms with E-state index >= 15 is 0 Å². The predicted octanol–water partition coefficient (Wildman–Crippen LogP) is 3.65. The molecule has 15 heavy (non-hydrogen) atoms. The minimum atomic E-state index is -2.92. The van der Waals surface area contributed by atoms with E-state index in [1.165, 1.54) is 0 Å². The summed E-state index contributed by atoms with van der Waals surface area (Å²) in [4.78, 5) is 0. The van der Waals surface area contributed by atoms with Gasteiger partial charge in [0, 0.05) is 0 Å². The second-order valence-electron chi connectivity index (χ2n) is 4.04. The molecule has 0 heterocycles. The molecule has 0 aliphatic carbocycles. The molecule has 0 bridgehead atoms. The molecule has 0 aliphatic rings. The molecule has 2 nitrogen and oxygen atoms in total.